The van der Waals surface area contributed by atoms with Crippen molar-refractivity contribution in [3.63, 3.8) is 0 Å². The Morgan fingerprint density at radius 1 is 1.07 bits per heavy atom. The maximum absolute atomic E-state index is 12.6. The molecular formula is C22H20N4O2S. The van der Waals surface area contributed by atoms with Crippen molar-refractivity contribution >= 4 is 21.8 Å². The molecule has 7 heteroatoms. The molecular weight excluding hydrogens is 384 g/mol. The normalized spacial score (nSPS) is 15.2. The van der Waals surface area contributed by atoms with Crippen LogP contribution >= 0.6 is 0 Å². The van der Waals surface area contributed by atoms with E-state index < -0.39 is 10.8 Å². The predicted molar refractivity (Wildman–Crippen MR) is 113 cm³/mol. The third-order valence-corrected chi connectivity index (χ3v) is 7.10. The van der Waals surface area contributed by atoms with Crippen molar-refractivity contribution in [1.82, 2.24) is 19.7 Å². The highest BCUT2D eigenvalue weighted by Crippen LogP contribution is 2.30. The van der Waals surface area contributed by atoms with Gasteiger partial charge in [0.2, 0.25) is 5.88 Å². The van der Waals surface area contributed by atoms with Crippen molar-refractivity contribution < 1.29 is 8.95 Å². The first-order chi connectivity index (χ1) is 14.2. The molecule has 1 aromatic carbocycles. The van der Waals surface area contributed by atoms with Gasteiger partial charge in [0.05, 0.1) is 34.7 Å². The number of hydrogen-bond donors (Lipinski definition) is 0. The van der Waals surface area contributed by atoms with Crippen LogP contribution in [0, 0.1) is 0 Å². The second-order valence-electron chi connectivity index (χ2n) is 7.13. The number of hydrogen-bond acceptors (Lipinski definition) is 5. The van der Waals surface area contributed by atoms with Gasteiger partial charge < -0.3 is 4.74 Å². The number of benzene rings is 1. The third kappa shape index (κ3) is 3.31. The Bertz CT molecular complexity index is 1220. The van der Waals surface area contributed by atoms with Gasteiger partial charge in [0.25, 0.3) is 0 Å². The summed E-state index contributed by atoms with van der Waals surface area (Å²) >= 11 is 0. The van der Waals surface area contributed by atoms with Crippen LogP contribution in [0.5, 0.6) is 5.88 Å². The molecule has 0 amide bonds. The zero-order valence-electron chi connectivity index (χ0n) is 16.0. The SMILES string of the molecule is COc1cc(-c2cccc(-n3ncc4cc([S@](=O)C5CCC5)cnc43)c2)ccn1. The molecule has 1 fully saturated rings. The lowest BCUT2D eigenvalue weighted by molar-refractivity contribution is 0.398. The summed E-state index contributed by atoms with van der Waals surface area (Å²) in [5.41, 5.74) is 3.72. The van der Waals surface area contributed by atoms with E-state index in [0.717, 1.165) is 45.6 Å². The van der Waals surface area contributed by atoms with Gasteiger partial charge in [-0.05, 0) is 48.2 Å². The van der Waals surface area contributed by atoms with Gasteiger partial charge in [-0.15, -0.1) is 0 Å². The molecule has 3 heterocycles. The third-order valence-electron chi connectivity index (χ3n) is 5.34. The van der Waals surface area contributed by atoms with E-state index in [9.17, 15) is 4.21 Å². The van der Waals surface area contributed by atoms with Crippen LogP contribution in [0.2, 0.25) is 0 Å². The topological polar surface area (TPSA) is 69.9 Å². The first kappa shape index (κ1) is 18.0. The molecule has 0 saturated heterocycles. The average Bonchev–Trinajstić information content (AvgIpc) is 3.16. The summed E-state index contributed by atoms with van der Waals surface area (Å²) in [6, 6.07) is 13.9. The van der Waals surface area contributed by atoms with Crippen LogP contribution in [0.25, 0.3) is 27.8 Å². The van der Waals surface area contributed by atoms with Crippen molar-refractivity contribution in [3.05, 3.63) is 61.1 Å². The molecule has 0 radical (unpaired) electrons. The second-order valence-corrected chi connectivity index (χ2v) is 8.86. The Labute approximate surface area is 171 Å². The first-order valence-electron chi connectivity index (χ1n) is 9.58. The van der Waals surface area contributed by atoms with Crippen molar-refractivity contribution in [3.8, 4) is 22.7 Å². The van der Waals surface area contributed by atoms with Gasteiger partial charge in [-0.2, -0.15) is 5.10 Å². The van der Waals surface area contributed by atoms with E-state index in [-0.39, 0.29) is 5.25 Å². The Balaban J connectivity index is 1.51. The number of ether oxygens (including phenoxy) is 1. The van der Waals surface area contributed by atoms with Gasteiger partial charge in [-0.25, -0.2) is 14.6 Å². The number of fused-ring (bicyclic) bond motifs is 1. The van der Waals surface area contributed by atoms with Crippen LogP contribution in [0.15, 0.2) is 66.0 Å². The standard InChI is InChI=1S/C22H20N4O2S/c1-28-21-12-16(8-9-23-21)15-4-2-5-18(10-15)26-22-17(13-25-26)11-20(14-24-22)29(27)19-6-3-7-19/h2,4-5,8-14,19H,3,6-7H2,1H3/t29-/m1/s1. The molecule has 0 N–H and O–H groups in total. The molecule has 0 bridgehead atoms. The lowest BCUT2D eigenvalue weighted by atomic mass is 10.0. The maximum Gasteiger partial charge on any atom is 0.213 e. The fourth-order valence-corrected chi connectivity index (χ4v) is 5.04. The van der Waals surface area contributed by atoms with Gasteiger partial charge in [0.15, 0.2) is 5.65 Å². The summed E-state index contributed by atoms with van der Waals surface area (Å²) in [6.07, 6.45) is 8.49. The molecule has 1 aliphatic carbocycles. The highest BCUT2D eigenvalue weighted by Gasteiger charge is 2.25. The maximum atomic E-state index is 12.6. The van der Waals surface area contributed by atoms with Crippen LogP contribution in [0.1, 0.15) is 19.3 Å². The van der Waals surface area contributed by atoms with E-state index in [2.05, 4.69) is 21.1 Å². The molecule has 0 spiro atoms. The fourth-order valence-electron chi connectivity index (χ4n) is 3.50. The molecule has 0 aliphatic heterocycles. The summed E-state index contributed by atoms with van der Waals surface area (Å²) in [5, 5.41) is 5.70. The summed E-state index contributed by atoms with van der Waals surface area (Å²) < 4.78 is 19.7. The van der Waals surface area contributed by atoms with Gasteiger partial charge in [-0.1, -0.05) is 18.6 Å². The Morgan fingerprint density at radius 3 is 2.72 bits per heavy atom. The minimum atomic E-state index is -0.982. The summed E-state index contributed by atoms with van der Waals surface area (Å²) in [5.74, 6) is 0.575. The first-order valence-corrected chi connectivity index (χ1v) is 10.8. The number of nitrogens with zero attached hydrogens (tertiary/aromatic N) is 4. The molecule has 1 saturated carbocycles. The Hall–Kier alpha value is -3.06. The van der Waals surface area contributed by atoms with E-state index in [1.165, 1.54) is 6.42 Å². The summed E-state index contributed by atoms with van der Waals surface area (Å²) in [7, 11) is 0.626. The van der Waals surface area contributed by atoms with E-state index in [1.807, 2.05) is 41.1 Å². The van der Waals surface area contributed by atoms with Gasteiger partial charge >= 0.3 is 0 Å². The molecule has 0 unspecified atom stereocenters. The van der Waals surface area contributed by atoms with E-state index in [0.29, 0.717) is 5.88 Å². The largest absolute Gasteiger partial charge is 0.481 e. The number of aromatic nitrogens is 4. The van der Waals surface area contributed by atoms with Gasteiger partial charge in [-0.3, -0.25) is 4.21 Å². The van der Waals surface area contributed by atoms with Crippen molar-refractivity contribution in [2.75, 3.05) is 7.11 Å². The van der Waals surface area contributed by atoms with Crippen LogP contribution in [-0.2, 0) is 10.8 Å². The number of rotatable bonds is 5. The molecule has 3 aromatic heterocycles. The Morgan fingerprint density at radius 2 is 1.93 bits per heavy atom. The Kier molecular flexibility index (Phi) is 4.60. The molecule has 1 atom stereocenters. The quantitative estimate of drug-likeness (QED) is 0.500. The minimum absolute atomic E-state index is 0.276. The highest BCUT2D eigenvalue weighted by atomic mass is 32.2. The van der Waals surface area contributed by atoms with Gasteiger partial charge in [0, 0.05) is 29.1 Å². The molecule has 29 heavy (non-hydrogen) atoms. The summed E-state index contributed by atoms with van der Waals surface area (Å²) in [6.45, 7) is 0. The van der Waals surface area contributed by atoms with E-state index in [4.69, 9.17) is 4.74 Å². The molecule has 4 aromatic rings. The lowest BCUT2D eigenvalue weighted by Gasteiger charge is -2.24. The van der Waals surface area contributed by atoms with Gasteiger partial charge in [0.1, 0.15) is 0 Å². The number of pyridine rings is 2. The van der Waals surface area contributed by atoms with Crippen LogP contribution in [-0.4, -0.2) is 36.3 Å². The summed E-state index contributed by atoms with van der Waals surface area (Å²) in [4.78, 5) is 9.54. The van der Waals surface area contributed by atoms with Crippen LogP contribution in [0.3, 0.4) is 0 Å². The monoisotopic (exact) mass is 404 g/mol. The second kappa shape index (κ2) is 7.40. The molecule has 1 aliphatic rings. The zero-order chi connectivity index (χ0) is 19.8. The van der Waals surface area contributed by atoms with Crippen molar-refractivity contribution in [1.29, 1.82) is 0 Å². The molecule has 5 rings (SSSR count). The van der Waals surface area contributed by atoms with Crippen molar-refractivity contribution in [2.24, 2.45) is 0 Å². The van der Waals surface area contributed by atoms with E-state index in [1.54, 1.807) is 25.7 Å². The lowest BCUT2D eigenvalue weighted by Crippen LogP contribution is -2.23. The molecule has 6 nitrogen and oxygen atoms in total. The van der Waals surface area contributed by atoms with Crippen molar-refractivity contribution in [2.45, 2.75) is 29.4 Å². The minimum Gasteiger partial charge on any atom is -0.481 e. The smallest absolute Gasteiger partial charge is 0.213 e. The zero-order valence-corrected chi connectivity index (χ0v) is 16.8. The van der Waals surface area contributed by atoms with Crippen LogP contribution in [0.4, 0.5) is 0 Å². The predicted octanol–water partition coefficient (Wildman–Crippen LogP) is 4.15. The molecule has 146 valence electrons. The number of methoxy groups -OCH3 is 1. The fraction of sp³-hybridized carbons (Fsp3) is 0.227. The van der Waals surface area contributed by atoms with Crippen LogP contribution < -0.4 is 4.74 Å². The van der Waals surface area contributed by atoms with E-state index >= 15 is 0 Å². The highest BCUT2D eigenvalue weighted by molar-refractivity contribution is 7.85. The average molecular weight is 404 g/mol.